The fourth-order valence-electron chi connectivity index (χ4n) is 8.09. The molecule has 2 fully saturated rings. The van der Waals surface area contributed by atoms with Gasteiger partial charge < -0.3 is 39.6 Å². The molecular weight excluding hydrogens is 781 g/mol. The Morgan fingerprint density at radius 1 is 0.881 bits per heavy atom. The Kier molecular flexibility index (Phi) is 16.9. The van der Waals surface area contributed by atoms with Gasteiger partial charge in [-0.05, 0) is 73.9 Å². The summed E-state index contributed by atoms with van der Waals surface area (Å²) in [6.45, 7) is 12.2. The number of morpholine rings is 1. The molecule has 3 heterocycles. The smallest absolute Gasteiger partial charge is 0.352 e. The van der Waals surface area contributed by atoms with Crippen LogP contribution in [-0.2, 0) is 36.3 Å². The van der Waals surface area contributed by atoms with Crippen LogP contribution in [0.4, 0.5) is 5.69 Å². The van der Waals surface area contributed by atoms with Crippen LogP contribution in [0, 0.1) is 0 Å². The Hall–Kier alpha value is -4.78. The number of aryl methyl sites for hydroxylation is 1. The number of hydrogen-bond donors (Lipinski definition) is 3. The first-order valence-corrected chi connectivity index (χ1v) is 20.7. The molecule has 0 bridgehead atoms. The summed E-state index contributed by atoms with van der Waals surface area (Å²) in [6.07, 6.45) is 2.45. The molecule has 5 aromatic rings. The normalized spacial score (nSPS) is 15.6. The fraction of sp³-hybridized carbons (Fsp3) is 0.404. The number of carbonyl (C=O) groups is 1. The maximum absolute atomic E-state index is 13.3. The van der Waals surface area contributed by atoms with Crippen LogP contribution in [-0.4, -0.2) is 104 Å². The van der Waals surface area contributed by atoms with Crippen molar-refractivity contribution in [2.24, 2.45) is 10.7 Å². The summed E-state index contributed by atoms with van der Waals surface area (Å²) >= 11 is 0. The zero-order valence-corrected chi connectivity index (χ0v) is 36.3. The molecule has 7 rings (SSSR count). The van der Waals surface area contributed by atoms with Gasteiger partial charge in [0, 0.05) is 98.2 Å². The van der Waals surface area contributed by atoms with Crippen LogP contribution in [0.3, 0.4) is 0 Å². The first-order chi connectivity index (χ1) is 28.3. The van der Waals surface area contributed by atoms with Crippen molar-refractivity contribution in [3.8, 4) is 11.5 Å². The van der Waals surface area contributed by atoms with Gasteiger partial charge in [0.25, 0.3) is 0 Å². The molecule has 0 saturated carbocycles. The molecular formula is C47H59N5O6V. The second-order valence-corrected chi connectivity index (χ2v) is 14.6. The number of aromatic nitrogens is 1. The standard InChI is InChI=1S/C45H53N5O6.C2H6.V/c1-31(46)42(40(47-2)30-56-35-17-15-33(16-18-35)49-21-19-34(51)20-22-49)39-12-6-11-37-38(13-7-27-55-41-14-5-9-32-8-3-4-10-36(32)41)44(45(52)53)50(43(37)39)24-23-48-25-28-54-29-26-48;1-2;/h3-6,8-12,14-18,34,51H,7,13,19-30,46H2,1-2H3,(H,52,53);1-2H3;/b42-31-,47-40?;;. The van der Waals surface area contributed by atoms with Crippen molar-refractivity contribution in [3.63, 3.8) is 0 Å². The van der Waals surface area contributed by atoms with Gasteiger partial charge >= 0.3 is 5.97 Å². The molecule has 0 aliphatic carbocycles. The number of fused-ring (bicyclic) bond motifs is 2. The van der Waals surface area contributed by atoms with E-state index in [9.17, 15) is 15.0 Å². The zero-order chi connectivity index (χ0) is 41.0. The van der Waals surface area contributed by atoms with Crippen LogP contribution in [0.2, 0.25) is 0 Å². The summed E-state index contributed by atoms with van der Waals surface area (Å²) in [5.41, 5.74) is 12.5. The van der Waals surface area contributed by atoms with E-state index in [1.165, 1.54) is 0 Å². The SMILES string of the molecule is CC.CN=C(COc1ccc(N2CCC(O)CC2)cc1)/C(=C(/C)N)c1cccc2c(CCCOc3cccc4ccccc34)c(C(=O)O)n(CCN3CCOCC3)c12.[V]. The van der Waals surface area contributed by atoms with Crippen molar-refractivity contribution in [3.05, 3.63) is 107 Å². The van der Waals surface area contributed by atoms with Crippen molar-refractivity contribution in [2.45, 2.75) is 59.1 Å². The Balaban J connectivity index is 0.00000217. The minimum atomic E-state index is -0.967. The van der Waals surface area contributed by atoms with Crippen molar-refractivity contribution in [1.29, 1.82) is 0 Å². The van der Waals surface area contributed by atoms with Gasteiger partial charge in [0.05, 0.1) is 37.2 Å². The number of carboxylic acids is 1. The number of nitrogens with zero attached hydrogens (tertiary/aromatic N) is 4. The molecule has 11 nitrogen and oxygen atoms in total. The number of nitrogens with two attached hydrogens (primary N) is 1. The molecule has 4 N–H and O–H groups in total. The first-order valence-electron chi connectivity index (χ1n) is 20.7. The Morgan fingerprint density at radius 2 is 1.56 bits per heavy atom. The number of allylic oxidation sites excluding steroid dienone is 1. The summed E-state index contributed by atoms with van der Waals surface area (Å²) in [6, 6.07) is 28.2. The fourth-order valence-corrected chi connectivity index (χ4v) is 8.09. The molecule has 12 heteroatoms. The van der Waals surface area contributed by atoms with Gasteiger partial charge in [-0.3, -0.25) is 9.89 Å². The van der Waals surface area contributed by atoms with E-state index < -0.39 is 5.97 Å². The van der Waals surface area contributed by atoms with Crippen LogP contribution < -0.4 is 20.1 Å². The minimum Gasteiger partial charge on any atom is -0.493 e. The maximum Gasteiger partial charge on any atom is 0.352 e. The number of aliphatic imine (C=N–C) groups is 1. The Morgan fingerprint density at radius 3 is 2.25 bits per heavy atom. The van der Waals surface area contributed by atoms with Crippen LogP contribution in [0.15, 0.2) is 95.6 Å². The van der Waals surface area contributed by atoms with Gasteiger partial charge in [0.2, 0.25) is 0 Å². The van der Waals surface area contributed by atoms with E-state index in [1.807, 2.05) is 92.1 Å². The summed E-state index contributed by atoms with van der Waals surface area (Å²) in [4.78, 5) is 22.6. The van der Waals surface area contributed by atoms with Crippen LogP contribution in [0.25, 0.3) is 27.2 Å². The quantitative estimate of drug-likeness (QED) is 0.0718. The van der Waals surface area contributed by atoms with Crippen LogP contribution in [0.1, 0.15) is 61.6 Å². The molecule has 2 aliphatic rings. The molecule has 2 aliphatic heterocycles. The van der Waals surface area contributed by atoms with Gasteiger partial charge in [-0.1, -0.05) is 68.4 Å². The molecule has 313 valence electrons. The third-order valence-corrected chi connectivity index (χ3v) is 11.0. The molecule has 1 aromatic heterocycles. The topological polar surface area (TPSA) is 135 Å². The average molecular weight is 841 g/mol. The number of piperidine rings is 1. The largest absolute Gasteiger partial charge is 0.493 e. The summed E-state index contributed by atoms with van der Waals surface area (Å²) in [5.74, 6) is 0.553. The number of hydrogen-bond acceptors (Lipinski definition) is 9. The number of aromatic carboxylic acids is 1. The minimum absolute atomic E-state index is 0. The summed E-state index contributed by atoms with van der Waals surface area (Å²) in [7, 11) is 1.73. The third kappa shape index (κ3) is 10.9. The van der Waals surface area contributed by atoms with Gasteiger partial charge in [0.15, 0.2) is 0 Å². The molecule has 0 spiro atoms. The predicted molar refractivity (Wildman–Crippen MR) is 235 cm³/mol. The third-order valence-electron chi connectivity index (χ3n) is 11.0. The molecule has 1 radical (unpaired) electrons. The monoisotopic (exact) mass is 840 g/mol. The van der Waals surface area contributed by atoms with E-state index in [2.05, 4.69) is 33.0 Å². The molecule has 59 heavy (non-hydrogen) atoms. The predicted octanol–water partition coefficient (Wildman–Crippen LogP) is 7.66. The average Bonchev–Trinajstić information content (AvgIpc) is 3.58. The number of carboxylic acid groups (broad SMARTS) is 1. The number of benzene rings is 4. The number of para-hydroxylation sites is 1. The van der Waals surface area contributed by atoms with E-state index in [-0.39, 0.29) is 37.0 Å². The first kappa shape index (κ1) is 45.3. The van der Waals surface area contributed by atoms with Crippen molar-refractivity contribution in [2.75, 3.05) is 71.1 Å². The van der Waals surface area contributed by atoms with Crippen molar-refractivity contribution < 1.29 is 47.8 Å². The van der Waals surface area contributed by atoms with Gasteiger partial charge in [-0.2, -0.15) is 0 Å². The number of aliphatic hydroxyl groups is 1. The van der Waals surface area contributed by atoms with Gasteiger partial charge in [0.1, 0.15) is 23.8 Å². The second-order valence-electron chi connectivity index (χ2n) is 14.6. The van der Waals surface area contributed by atoms with E-state index in [0.717, 1.165) is 88.8 Å². The number of aliphatic hydroxyl groups excluding tert-OH is 1. The van der Waals surface area contributed by atoms with Gasteiger partial charge in [-0.15, -0.1) is 0 Å². The van der Waals surface area contributed by atoms with Gasteiger partial charge in [-0.25, -0.2) is 4.79 Å². The number of anilines is 1. The Labute approximate surface area is 360 Å². The molecule has 2 saturated heterocycles. The molecule has 0 atom stereocenters. The zero-order valence-electron chi connectivity index (χ0n) is 34.9. The maximum atomic E-state index is 13.3. The molecule has 0 unspecified atom stereocenters. The Bertz CT molecular complexity index is 2200. The van der Waals surface area contributed by atoms with E-state index >= 15 is 0 Å². The van der Waals surface area contributed by atoms with E-state index in [4.69, 9.17) is 19.9 Å². The van der Waals surface area contributed by atoms with Crippen LogP contribution >= 0.6 is 0 Å². The van der Waals surface area contributed by atoms with E-state index in [1.54, 1.807) is 7.05 Å². The number of rotatable bonds is 15. The number of ether oxygens (including phenoxy) is 3. The second kappa shape index (κ2) is 22.0. The van der Waals surface area contributed by atoms with Crippen molar-refractivity contribution in [1.82, 2.24) is 9.47 Å². The summed E-state index contributed by atoms with van der Waals surface area (Å²) < 4.78 is 20.2. The molecule has 4 aromatic carbocycles. The van der Waals surface area contributed by atoms with Crippen LogP contribution in [0.5, 0.6) is 11.5 Å². The van der Waals surface area contributed by atoms with Crippen molar-refractivity contribution >= 4 is 44.6 Å². The molecule has 0 amide bonds. The summed E-state index contributed by atoms with van der Waals surface area (Å²) in [5, 5.41) is 23.8. The van der Waals surface area contributed by atoms with E-state index in [0.29, 0.717) is 62.9 Å².